The van der Waals surface area contributed by atoms with Gasteiger partial charge in [0.05, 0.1) is 5.41 Å². The lowest BCUT2D eigenvalue weighted by molar-refractivity contribution is 0.694. The second kappa shape index (κ2) is 15.9. The summed E-state index contributed by atoms with van der Waals surface area (Å²) in [6.07, 6.45) is 4.53. The Kier molecular flexibility index (Phi) is 9.52. The van der Waals surface area contributed by atoms with Gasteiger partial charge in [-0.15, -0.1) is 0 Å². The summed E-state index contributed by atoms with van der Waals surface area (Å²) in [6.45, 7) is 9.67. The minimum absolute atomic E-state index is 0.0532. The molecule has 1 heteroatoms. The molecule has 70 heavy (non-hydrogen) atoms. The van der Waals surface area contributed by atoms with Crippen LogP contribution in [0.5, 0.6) is 0 Å². The van der Waals surface area contributed by atoms with Crippen molar-refractivity contribution in [3.8, 4) is 22.3 Å². The highest BCUT2D eigenvalue weighted by molar-refractivity contribution is 6.09. The summed E-state index contributed by atoms with van der Waals surface area (Å²) in [5.74, 6) is 0. The van der Waals surface area contributed by atoms with E-state index < -0.39 is 5.41 Å². The number of hydrogen-bond donors (Lipinski definition) is 0. The van der Waals surface area contributed by atoms with E-state index in [1.165, 1.54) is 94.2 Å². The molecular formula is C69H53N. The quantitative estimate of drug-likeness (QED) is 0.137. The van der Waals surface area contributed by atoms with E-state index in [0.29, 0.717) is 0 Å². The standard InChI is InChI=1S/C69H53N/c1-67(2)61-27-17-16-26-59(61)65-66(67)60-41-35-50(44-62(60)68(65,3)4)51-34-40-58-57-39-32-47(42-63(57)69(64(58)45-51,52-20-8-5-9-21-52)53-22-10-6-11-23-53)29-28-46-30-36-55(37-31-46)70(54-24-12-7-13-25-54)56-38-33-48-18-14-15-19-49(48)43-56/h5-45H,1-4H3. The first-order valence-corrected chi connectivity index (χ1v) is 24.7. The molecule has 0 saturated heterocycles. The Morgan fingerprint density at radius 3 is 1.47 bits per heavy atom. The van der Waals surface area contributed by atoms with Crippen LogP contribution in [0.1, 0.15) is 83.3 Å². The van der Waals surface area contributed by atoms with Crippen LogP contribution in [0.2, 0.25) is 0 Å². The molecule has 10 aromatic carbocycles. The van der Waals surface area contributed by atoms with Crippen molar-refractivity contribution < 1.29 is 0 Å². The highest BCUT2D eigenvalue weighted by Crippen LogP contribution is 2.63. The van der Waals surface area contributed by atoms with Gasteiger partial charge in [-0.3, -0.25) is 0 Å². The van der Waals surface area contributed by atoms with Crippen molar-refractivity contribution in [1.29, 1.82) is 0 Å². The third kappa shape index (κ3) is 6.31. The number of nitrogens with zero attached hydrogens (tertiary/aromatic N) is 1. The summed E-state index contributed by atoms with van der Waals surface area (Å²) in [5.41, 5.74) is 23.8. The van der Waals surface area contributed by atoms with Gasteiger partial charge in [0.25, 0.3) is 0 Å². The monoisotopic (exact) mass is 895 g/mol. The molecule has 334 valence electrons. The van der Waals surface area contributed by atoms with E-state index in [-0.39, 0.29) is 10.8 Å². The van der Waals surface area contributed by atoms with E-state index in [9.17, 15) is 0 Å². The predicted octanol–water partition coefficient (Wildman–Crippen LogP) is 18.0. The fourth-order valence-electron chi connectivity index (χ4n) is 12.6. The van der Waals surface area contributed by atoms with Gasteiger partial charge in [0.2, 0.25) is 0 Å². The molecule has 0 aliphatic heterocycles. The normalized spacial score (nSPS) is 15.4. The van der Waals surface area contributed by atoms with Crippen molar-refractivity contribution in [2.45, 2.75) is 43.9 Å². The minimum Gasteiger partial charge on any atom is -0.310 e. The summed E-state index contributed by atoms with van der Waals surface area (Å²) >= 11 is 0. The van der Waals surface area contributed by atoms with Gasteiger partial charge in [-0.25, -0.2) is 0 Å². The fraction of sp³-hybridized carbons (Fsp3) is 0.101. The van der Waals surface area contributed by atoms with Gasteiger partial charge in [-0.1, -0.05) is 222 Å². The molecule has 0 saturated carbocycles. The number of anilines is 3. The molecule has 0 unspecified atom stereocenters. The number of hydrogen-bond acceptors (Lipinski definition) is 1. The van der Waals surface area contributed by atoms with Crippen LogP contribution in [0, 0.1) is 0 Å². The predicted molar refractivity (Wildman–Crippen MR) is 296 cm³/mol. The van der Waals surface area contributed by atoms with E-state index in [1.807, 2.05) is 0 Å². The molecule has 13 rings (SSSR count). The Morgan fingerprint density at radius 1 is 0.314 bits per heavy atom. The molecule has 0 heterocycles. The minimum atomic E-state index is -0.537. The summed E-state index contributed by atoms with van der Waals surface area (Å²) < 4.78 is 0. The average molecular weight is 896 g/mol. The zero-order valence-electron chi connectivity index (χ0n) is 40.1. The molecule has 0 radical (unpaired) electrons. The van der Waals surface area contributed by atoms with Crippen molar-refractivity contribution in [2.75, 3.05) is 4.90 Å². The van der Waals surface area contributed by atoms with Gasteiger partial charge in [0.1, 0.15) is 0 Å². The van der Waals surface area contributed by atoms with Gasteiger partial charge < -0.3 is 4.90 Å². The third-order valence-corrected chi connectivity index (χ3v) is 15.9. The number of allylic oxidation sites excluding steroid dienone is 2. The van der Waals surface area contributed by atoms with E-state index >= 15 is 0 Å². The van der Waals surface area contributed by atoms with Crippen molar-refractivity contribution in [1.82, 2.24) is 0 Å². The van der Waals surface area contributed by atoms with Gasteiger partial charge >= 0.3 is 0 Å². The smallest absolute Gasteiger partial charge is 0.0713 e. The molecule has 0 bridgehead atoms. The highest BCUT2D eigenvalue weighted by Gasteiger charge is 2.50. The largest absolute Gasteiger partial charge is 0.310 e. The molecule has 0 atom stereocenters. The summed E-state index contributed by atoms with van der Waals surface area (Å²) in [6, 6.07) is 87.9. The number of rotatable bonds is 8. The van der Waals surface area contributed by atoms with Crippen molar-refractivity contribution in [3.63, 3.8) is 0 Å². The Balaban J connectivity index is 0.888. The summed E-state index contributed by atoms with van der Waals surface area (Å²) in [7, 11) is 0. The Hall–Kier alpha value is -8.26. The van der Waals surface area contributed by atoms with Crippen LogP contribution in [0.25, 0.3) is 56.3 Å². The van der Waals surface area contributed by atoms with Gasteiger partial charge in [-0.05, 0) is 154 Å². The van der Waals surface area contributed by atoms with Crippen LogP contribution in [-0.4, -0.2) is 0 Å². The second-order valence-electron chi connectivity index (χ2n) is 20.5. The maximum Gasteiger partial charge on any atom is 0.0713 e. The lowest BCUT2D eigenvalue weighted by atomic mass is 9.67. The molecular weight excluding hydrogens is 843 g/mol. The maximum absolute atomic E-state index is 2.51. The molecule has 3 aliphatic carbocycles. The zero-order valence-corrected chi connectivity index (χ0v) is 40.1. The molecule has 0 aromatic heterocycles. The van der Waals surface area contributed by atoms with E-state index in [0.717, 1.165) is 22.6 Å². The van der Waals surface area contributed by atoms with Gasteiger partial charge in [-0.2, -0.15) is 0 Å². The summed E-state index contributed by atoms with van der Waals surface area (Å²) in [5, 5.41) is 2.46. The van der Waals surface area contributed by atoms with Crippen LogP contribution in [-0.2, 0) is 16.2 Å². The van der Waals surface area contributed by atoms with Crippen LogP contribution in [0.4, 0.5) is 17.1 Å². The molecule has 0 fully saturated rings. The van der Waals surface area contributed by atoms with E-state index in [2.05, 4.69) is 281 Å². The zero-order chi connectivity index (χ0) is 47.2. The lowest BCUT2D eigenvalue weighted by Crippen LogP contribution is -2.28. The number of fused-ring (bicyclic) bond motifs is 8. The molecule has 10 aromatic rings. The first kappa shape index (κ1) is 41.9. The van der Waals surface area contributed by atoms with Crippen molar-refractivity contribution in [3.05, 3.63) is 292 Å². The fourth-order valence-corrected chi connectivity index (χ4v) is 12.6. The van der Waals surface area contributed by atoms with E-state index in [4.69, 9.17) is 0 Å². The lowest BCUT2D eigenvalue weighted by Gasteiger charge is -2.34. The molecule has 3 aliphatic rings. The van der Waals surface area contributed by atoms with Gasteiger partial charge in [0, 0.05) is 27.9 Å². The Labute approximate surface area is 412 Å². The Bertz CT molecular complexity index is 3700. The summed E-state index contributed by atoms with van der Waals surface area (Å²) in [4.78, 5) is 2.34. The highest BCUT2D eigenvalue weighted by atomic mass is 15.1. The van der Waals surface area contributed by atoms with Crippen molar-refractivity contribution >= 4 is 51.1 Å². The molecule has 0 N–H and O–H groups in total. The first-order chi connectivity index (χ1) is 34.2. The first-order valence-electron chi connectivity index (χ1n) is 24.7. The van der Waals surface area contributed by atoms with Gasteiger partial charge in [0.15, 0.2) is 0 Å². The van der Waals surface area contributed by atoms with Crippen LogP contribution >= 0.6 is 0 Å². The SMILES string of the molecule is CC1(C)C2=C(c3ccccc31)C(C)(C)c1cc(-c3ccc4c(c3)C(c3ccccc3)(c3ccccc3)c3cc(C=Cc5ccc(N(c6ccccc6)c6ccc7ccccc7c6)cc5)ccc3-4)ccc12. The van der Waals surface area contributed by atoms with Crippen molar-refractivity contribution in [2.24, 2.45) is 0 Å². The van der Waals surface area contributed by atoms with Crippen LogP contribution in [0.3, 0.4) is 0 Å². The second-order valence-corrected chi connectivity index (χ2v) is 20.5. The maximum atomic E-state index is 2.51. The molecule has 0 amide bonds. The Morgan fingerprint density at radius 2 is 0.786 bits per heavy atom. The number of benzene rings is 10. The third-order valence-electron chi connectivity index (χ3n) is 15.9. The topological polar surface area (TPSA) is 3.24 Å². The van der Waals surface area contributed by atoms with Crippen LogP contribution in [0.15, 0.2) is 237 Å². The number of para-hydroxylation sites is 1. The molecule has 1 nitrogen and oxygen atoms in total. The molecule has 0 spiro atoms. The van der Waals surface area contributed by atoms with E-state index in [1.54, 1.807) is 0 Å². The van der Waals surface area contributed by atoms with Crippen LogP contribution < -0.4 is 4.90 Å². The average Bonchev–Trinajstić information content (AvgIpc) is 3.94.